The van der Waals surface area contributed by atoms with Gasteiger partial charge in [0.15, 0.2) is 10.9 Å². The maximum Gasteiger partial charge on any atom is 0.293 e. The molecular formula is C17H21N3O5S2. The predicted molar refractivity (Wildman–Crippen MR) is 105 cm³/mol. The minimum absolute atomic E-state index is 0.0212. The Morgan fingerprint density at radius 2 is 1.96 bits per heavy atom. The molecule has 10 heteroatoms. The number of nitrogens with zero attached hydrogens (tertiary/aromatic N) is 1. The molecule has 0 saturated heterocycles. The molecule has 0 radical (unpaired) electrons. The van der Waals surface area contributed by atoms with Gasteiger partial charge in [-0.25, -0.2) is 8.42 Å². The molecule has 0 aliphatic carbocycles. The van der Waals surface area contributed by atoms with E-state index in [0.29, 0.717) is 24.5 Å². The van der Waals surface area contributed by atoms with Crippen molar-refractivity contribution in [3.8, 4) is 5.75 Å². The van der Waals surface area contributed by atoms with Crippen molar-refractivity contribution >= 4 is 38.9 Å². The van der Waals surface area contributed by atoms with Crippen molar-refractivity contribution in [1.82, 2.24) is 9.62 Å². The van der Waals surface area contributed by atoms with Gasteiger partial charge < -0.3 is 14.5 Å². The van der Waals surface area contributed by atoms with E-state index < -0.39 is 15.9 Å². The van der Waals surface area contributed by atoms with Crippen LogP contribution in [0.2, 0.25) is 0 Å². The number of hydrogen-bond acceptors (Lipinski definition) is 6. The number of carbonyl (C=O) groups is 1. The molecule has 0 saturated carbocycles. The fraction of sp³-hybridized carbons (Fsp3) is 0.294. The van der Waals surface area contributed by atoms with Gasteiger partial charge in [0.25, 0.3) is 5.91 Å². The summed E-state index contributed by atoms with van der Waals surface area (Å²) < 4.78 is 37.0. The SMILES string of the molecule is CCN(CC)S(=O)(=O)c1ccc(OC)c(NC(=S)NC(=O)c2ccco2)c1. The van der Waals surface area contributed by atoms with Crippen LogP contribution >= 0.6 is 12.2 Å². The molecule has 146 valence electrons. The molecule has 2 rings (SSSR count). The monoisotopic (exact) mass is 411 g/mol. The van der Waals surface area contributed by atoms with Gasteiger partial charge in [0, 0.05) is 13.1 Å². The summed E-state index contributed by atoms with van der Waals surface area (Å²) in [7, 11) is -2.20. The van der Waals surface area contributed by atoms with Crippen LogP contribution in [0.4, 0.5) is 5.69 Å². The predicted octanol–water partition coefficient (Wildman–Crippen LogP) is 2.45. The van der Waals surface area contributed by atoms with Gasteiger partial charge >= 0.3 is 0 Å². The second kappa shape index (κ2) is 8.98. The maximum atomic E-state index is 12.7. The van der Waals surface area contributed by atoms with E-state index >= 15 is 0 Å². The van der Waals surface area contributed by atoms with Crippen LogP contribution in [-0.4, -0.2) is 43.9 Å². The van der Waals surface area contributed by atoms with E-state index in [4.69, 9.17) is 21.4 Å². The van der Waals surface area contributed by atoms with Crippen molar-refractivity contribution in [3.63, 3.8) is 0 Å². The van der Waals surface area contributed by atoms with Gasteiger partial charge in [-0.15, -0.1) is 0 Å². The third-order valence-electron chi connectivity index (χ3n) is 3.73. The molecule has 1 heterocycles. The largest absolute Gasteiger partial charge is 0.495 e. The number of anilines is 1. The van der Waals surface area contributed by atoms with Gasteiger partial charge in [0.2, 0.25) is 10.0 Å². The van der Waals surface area contributed by atoms with E-state index in [-0.39, 0.29) is 15.8 Å². The molecule has 0 unspecified atom stereocenters. The molecule has 0 fully saturated rings. The number of rotatable bonds is 7. The summed E-state index contributed by atoms with van der Waals surface area (Å²) in [6.07, 6.45) is 1.37. The fourth-order valence-corrected chi connectivity index (χ4v) is 4.07. The van der Waals surface area contributed by atoms with Crippen LogP contribution in [0.5, 0.6) is 5.75 Å². The first-order chi connectivity index (χ1) is 12.8. The highest BCUT2D eigenvalue weighted by molar-refractivity contribution is 7.89. The van der Waals surface area contributed by atoms with E-state index in [0.717, 1.165) is 0 Å². The summed E-state index contributed by atoms with van der Waals surface area (Å²) in [6, 6.07) is 7.47. The van der Waals surface area contributed by atoms with E-state index in [9.17, 15) is 13.2 Å². The molecule has 0 atom stereocenters. The van der Waals surface area contributed by atoms with Crippen LogP contribution in [-0.2, 0) is 10.0 Å². The van der Waals surface area contributed by atoms with E-state index in [1.165, 1.54) is 41.9 Å². The van der Waals surface area contributed by atoms with Crippen LogP contribution in [0.1, 0.15) is 24.4 Å². The summed E-state index contributed by atoms with van der Waals surface area (Å²) in [5, 5.41) is 5.23. The highest BCUT2D eigenvalue weighted by atomic mass is 32.2. The third kappa shape index (κ3) is 4.85. The summed E-state index contributed by atoms with van der Waals surface area (Å²) in [5.41, 5.74) is 0.315. The lowest BCUT2D eigenvalue weighted by Gasteiger charge is -2.20. The molecule has 0 aliphatic rings. The van der Waals surface area contributed by atoms with E-state index in [1.807, 2.05) is 0 Å². The minimum Gasteiger partial charge on any atom is -0.495 e. The van der Waals surface area contributed by atoms with Crippen molar-refractivity contribution in [3.05, 3.63) is 42.4 Å². The number of sulfonamides is 1. The number of nitrogens with one attached hydrogen (secondary N) is 2. The van der Waals surface area contributed by atoms with Crippen LogP contribution in [0, 0.1) is 0 Å². The molecule has 1 amide bonds. The number of thiocarbonyl (C=S) groups is 1. The maximum absolute atomic E-state index is 12.7. The van der Waals surface area contributed by atoms with Gasteiger partial charge in [-0.2, -0.15) is 4.31 Å². The Bertz CT molecular complexity index is 907. The molecular weight excluding hydrogens is 390 g/mol. The summed E-state index contributed by atoms with van der Waals surface area (Å²) in [4.78, 5) is 12.1. The molecule has 8 nitrogen and oxygen atoms in total. The van der Waals surface area contributed by atoms with Crippen molar-refractivity contribution in [2.45, 2.75) is 18.7 Å². The molecule has 1 aromatic heterocycles. The van der Waals surface area contributed by atoms with E-state index in [1.54, 1.807) is 19.9 Å². The molecule has 2 aromatic rings. The Morgan fingerprint density at radius 3 is 2.52 bits per heavy atom. The lowest BCUT2D eigenvalue weighted by molar-refractivity contribution is 0.0950. The van der Waals surface area contributed by atoms with Crippen molar-refractivity contribution < 1.29 is 22.4 Å². The minimum atomic E-state index is -3.65. The van der Waals surface area contributed by atoms with Gasteiger partial charge in [-0.3, -0.25) is 10.1 Å². The number of furan rings is 1. The zero-order chi connectivity index (χ0) is 20.0. The summed E-state index contributed by atoms with van der Waals surface area (Å²) >= 11 is 5.13. The average Bonchev–Trinajstić information content (AvgIpc) is 3.17. The standard InChI is InChI=1S/C17H21N3O5S2/c1-4-20(5-2)27(22,23)12-8-9-14(24-3)13(11-12)18-17(26)19-16(21)15-7-6-10-25-15/h6-11H,4-5H2,1-3H3,(H2,18,19,21,26). The second-order valence-corrected chi connectivity index (χ2v) is 7.68. The Morgan fingerprint density at radius 1 is 1.26 bits per heavy atom. The normalized spacial score (nSPS) is 11.3. The Balaban J connectivity index is 2.25. The molecule has 27 heavy (non-hydrogen) atoms. The third-order valence-corrected chi connectivity index (χ3v) is 5.98. The molecule has 2 N–H and O–H groups in total. The zero-order valence-corrected chi connectivity index (χ0v) is 16.8. The highest BCUT2D eigenvalue weighted by Gasteiger charge is 2.23. The van der Waals surface area contributed by atoms with Gasteiger partial charge in [-0.05, 0) is 42.5 Å². The molecule has 0 bridgehead atoms. The number of hydrogen-bond donors (Lipinski definition) is 2. The van der Waals surface area contributed by atoms with Crippen LogP contribution in [0.15, 0.2) is 45.9 Å². The van der Waals surface area contributed by atoms with Crippen LogP contribution < -0.4 is 15.4 Å². The van der Waals surface area contributed by atoms with Crippen molar-refractivity contribution in [2.24, 2.45) is 0 Å². The summed E-state index contributed by atoms with van der Waals surface area (Å²) in [5.74, 6) is -0.0459. The highest BCUT2D eigenvalue weighted by Crippen LogP contribution is 2.29. The quantitative estimate of drug-likeness (QED) is 0.675. The second-order valence-electron chi connectivity index (χ2n) is 5.34. The first kappa shape index (κ1) is 20.9. The molecule has 0 aliphatic heterocycles. The number of amides is 1. The molecule has 0 spiro atoms. The Kier molecular flexibility index (Phi) is 6.94. The van der Waals surface area contributed by atoms with Crippen LogP contribution in [0.25, 0.3) is 0 Å². The Hall–Kier alpha value is -2.43. The summed E-state index contributed by atoms with van der Waals surface area (Å²) in [6.45, 7) is 4.24. The smallest absolute Gasteiger partial charge is 0.293 e. The topological polar surface area (TPSA) is 101 Å². The van der Waals surface area contributed by atoms with Gasteiger partial charge in [0.1, 0.15) is 5.75 Å². The Labute approximate surface area is 163 Å². The van der Waals surface area contributed by atoms with E-state index in [2.05, 4.69) is 10.6 Å². The molecule has 1 aromatic carbocycles. The lowest BCUT2D eigenvalue weighted by atomic mass is 10.3. The average molecular weight is 412 g/mol. The number of ether oxygens (including phenoxy) is 1. The number of methoxy groups -OCH3 is 1. The van der Waals surface area contributed by atoms with Gasteiger partial charge in [-0.1, -0.05) is 13.8 Å². The first-order valence-electron chi connectivity index (χ1n) is 8.17. The van der Waals surface area contributed by atoms with Crippen LogP contribution in [0.3, 0.4) is 0 Å². The van der Waals surface area contributed by atoms with Crippen molar-refractivity contribution in [2.75, 3.05) is 25.5 Å². The first-order valence-corrected chi connectivity index (χ1v) is 10.0. The number of benzene rings is 1. The van der Waals surface area contributed by atoms with Crippen molar-refractivity contribution in [1.29, 1.82) is 0 Å². The van der Waals surface area contributed by atoms with Gasteiger partial charge in [0.05, 0.1) is 24.0 Å². The fourth-order valence-electron chi connectivity index (χ4n) is 2.38. The number of carbonyl (C=O) groups excluding carboxylic acids is 1. The lowest BCUT2D eigenvalue weighted by Crippen LogP contribution is -2.34. The zero-order valence-electron chi connectivity index (χ0n) is 15.2.